The molecule has 2 aromatic heterocycles. The fourth-order valence-electron chi connectivity index (χ4n) is 3.67. The van der Waals surface area contributed by atoms with E-state index in [0.29, 0.717) is 24.3 Å². The molecule has 0 N–H and O–H groups in total. The maximum atomic E-state index is 13.1. The third-order valence-corrected chi connectivity index (χ3v) is 5.22. The third kappa shape index (κ3) is 3.56. The Kier molecular flexibility index (Phi) is 4.49. The first kappa shape index (κ1) is 16.2. The first-order valence-electron chi connectivity index (χ1n) is 9.09. The Morgan fingerprint density at radius 2 is 2.08 bits per heavy atom. The van der Waals surface area contributed by atoms with Crippen molar-refractivity contribution in [2.75, 3.05) is 13.6 Å². The van der Waals surface area contributed by atoms with Crippen molar-refractivity contribution in [1.82, 2.24) is 19.8 Å². The van der Waals surface area contributed by atoms with Crippen LogP contribution in [0.15, 0.2) is 42.7 Å². The molecule has 25 heavy (non-hydrogen) atoms. The lowest BCUT2D eigenvalue weighted by molar-refractivity contribution is 0.0721. The zero-order valence-electron chi connectivity index (χ0n) is 14.6. The van der Waals surface area contributed by atoms with E-state index in [-0.39, 0.29) is 5.91 Å². The Hall–Kier alpha value is -2.27. The number of carbonyl (C=O) groups excluding carboxylic acids is 1. The maximum Gasteiger partial charge on any atom is 0.273 e. The van der Waals surface area contributed by atoms with Gasteiger partial charge >= 0.3 is 0 Å². The minimum Gasteiger partial charge on any atom is -0.328 e. The van der Waals surface area contributed by atoms with Crippen LogP contribution in [0.1, 0.15) is 53.5 Å². The van der Waals surface area contributed by atoms with Gasteiger partial charge in [0.05, 0.1) is 12.2 Å². The number of hydrogen-bond donors (Lipinski definition) is 0. The minimum absolute atomic E-state index is 0.0238. The van der Waals surface area contributed by atoms with E-state index in [2.05, 4.69) is 21.9 Å². The molecule has 1 saturated carbocycles. The van der Waals surface area contributed by atoms with Gasteiger partial charge in [-0.25, -0.2) is 0 Å². The smallest absolute Gasteiger partial charge is 0.273 e. The van der Waals surface area contributed by atoms with Gasteiger partial charge in [0.1, 0.15) is 5.69 Å². The molecule has 3 heterocycles. The summed E-state index contributed by atoms with van der Waals surface area (Å²) in [7, 11) is 2.15. The van der Waals surface area contributed by atoms with Gasteiger partial charge in [0, 0.05) is 24.5 Å². The lowest BCUT2D eigenvalue weighted by atomic mass is 10.0. The normalized spacial score (nSPS) is 20.6. The Morgan fingerprint density at radius 3 is 2.76 bits per heavy atom. The second-order valence-electron chi connectivity index (χ2n) is 7.10. The highest BCUT2D eigenvalue weighted by Gasteiger charge is 2.34. The topological polar surface area (TPSA) is 49.3 Å². The highest BCUT2D eigenvalue weighted by atomic mass is 16.2. The predicted octanol–water partition coefficient (Wildman–Crippen LogP) is 3.05. The number of pyridine rings is 2. The molecule has 5 heteroatoms. The first-order valence-corrected chi connectivity index (χ1v) is 9.09. The molecule has 0 radical (unpaired) electrons. The van der Waals surface area contributed by atoms with E-state index in [1.807, 2.05) is 35.2 Å². The number of rotatable bonds is 5. The molecule has 0 aromatic carbocycles. The number of carbonyl (C=O) groups is 1. The summed E-state index contributed by atoms with van der Waals surface area (Å²) in [6.45, 7) is 1.67. The molecule has 4 rings (SSSR count). The van der Waals surface area contributed by atoms with Crippen LogP contribution in [0, 0.1) is 0 Å². The third-order valence-electron chi connectivity index (χ3n) is 5.22. The second kappa shape index (κ2) is 6.92. The van der Waals surface area contributed by atoms with Gasteiger partial charge in [-0.05, 0) is 69.1 Å². The summed E-state index contributed by atoms with van der Waals surface area (Å²) in [5.74, 6) is 0.0238. The molecule has 2 aliphatic rings. The quantitative estimate of drug-likeness (QED) is 0.842. The van der Waals surface area contributed by atoms with Crippen molar-refractivity contribution < 1.29 is 4.79 Å². The number of hydrogen-bond acceptors (Lipinski definition) is 4. The average molecular weight is 336 g/mol. The molecule has 5 nitrogen and oxygen atoms in total. The molecule has 130 valence electrons. The van der Waals surface area contributed by atoms with E-state index < -0.39 is 0 Å². The summed E-state index contributed by atoms with van der Waals surface area (Å²) in [6, 6.07) is 10.6. The van der Waals surface area contributed by atoms with Gasteiger partial charge in [-0.3, -0.25) is 19.7 Å². The van der Waals surface area contributed by atoms with Crippen LogP contribution in [0.2, 0.25) is 0 Å². The standard InChI is InChI=1S/C20H24N4O/c1-23-12-4-6-19(23)15-9-11-22-18(13-15)20(25)24(17-7-8-17)14-16-5-2-3-10-21-16/h2-3,5,9-11,13,17,19H,4,6-8,12,14H2,1H3. The van der Waals surface area contributed by atoms with Crippen LogP contribution in [-0.4, -0.2) is 45.3 Å². The van der Waals surface area contributed by atoms with Gasteiger partial charge in [-0.1, -0.05) is 6.07 Å². The van der Waals surface area contributed by atoms with Gasteiger partial charge in [-0.2, -0.15) is 0 Å². The van der Waals surface area contributed by atoms with E-state index in [9.17, 15) is 4.79 Å². The summed E-state index contributed by atoms with van der Waals surface area (Å²) in [6.07, 6.45) is 8.06. The predicted molar refractivity (Wildman–Crippen MR) is 96.0 cm³/mol. The summed E-state index contributed by atoms with van der Waals surface area (Å²) < 4.78 is 0. The number of likely N-dealkylation sites (tertiary alicyclic amines) is 1. The highest BCUT2D eigenvalue weighted by Crippen LogP contribution is 2.32. The molecular weight excluding hydrogens is 312 g/mol. The Labute approximate surface area is 148 Å². The molecule has 1 aliphatic heterocycles. The molecule has 0 bridgehead atoms. The first-order chi connectivity index (χ1) is 12.2. The van der Waals surface area contributed by atoms with Crippen LogP contribution < -0.4 is 0 Å². The van der Waals surface area contributed by atoms with Crippen molar-refractivity contribution in [2.24, 2.45) is 0 Å². The van der Waals surface area contributed by atoms with E-state index >= 15 is 0 Å². The largest absolute Gasteiger partial charge is 0.328 e. The molecule has 1 unspecified atom stereocenters. The van der Waals surface area contributed by atoms with Crippen molar-refractivity contribution in [2.45, 2.75) is 44.3 Å². The molecule has 2 fully saturated rings. The Morgan fingerprint density at radius 1 is 1.20 bits per heavy atom. The van der Waals surface area contributed by atoms with Crippen molar-refractivity contribution in [3.63, 3.8) is 0 Å². The number of aromatic nitrogens is 2. The molecule has 2 aromatic rings. The number of amides is 1. The fraction of sp³-hybridized carbons (Fsp3) is 0.450. The van der Waals surface area contributed by atoms with E-state index in [1.54, 1.807) is 12.4 Å². The van der Waals surface area contributed by atoms with Gasteiger partial charge in [-0.15, -0.1) is 0 Å². The molecule has 1 aliphatic carbocycles. The van der Waals surface area contributed by atoms with E-state index in [1.165, 1.54) is 12.0 Å². The summed E-state index contributed by atoms with van der Waals surface area (Å²) in [5, 5.41) is 0. The van der Waals surface area contributed by atoms with Gasteiger partial charge in [0.25, 0.3) is 5.91 Å². The molecule has 1 saturated heterocycles. The van der Waals surface area contributed by atoms with Crippen LogP contribution in [0.4, 0.5) is 0 Å². The van der Waals surface area contributed by atoms with Crippen LogP contribution in [0.25, 0.3) is 0 Å². The minimum atomic E-state index is 0.0238. The fourth-order valence-corrected chi connectivity index (χ4v) is 3.67. The van der Waals surface area contributed by atoms with Gasteiger partial charge in [0.15, 0.2) is 0 Å². The molecule has 1 atom stereocenters. The average Bonchev–Trinajstić information content (AvgIpc) is 3.40. The van der Waals surface area contributed by atoms with Gasteiger partial charge in [0.2, 0.25) is 0 Å². The SMILES string of the molecule is CN1CCCC1c1ccnc(C(=O)N(Cc2ccccn2)C2CC2)c1. The second-order valence-corrected chi connectivity index (χ2v) is 7.10. The summed E-state index contributed by atoms with van der Waals surface area (Å²) in [4.78, 5) is 26.1. The Balaban J connectivity index is 1.56. The van der Waals surface area contributed by atoms with Crippen LogP contribution in [0.3, 0.4) is 0 Å². The molecule has 1 amide bonds. The lowest BCUT2D eigenvalue weighted by Crippen LogP contribution is -2.33. The van der Waals surface area contributed by atoms with Crippen LogP contribution in [0.5, 0.6) is 0 Å². The molecular formula is C20H24N4O. The summed E-state index contributed by atoms with van der Waals surface area (Å²) in [5.41, 5.74) is 2.68. The van der Waals surface area contributed by atoms with E-state index in [4.69, 9.17) is 0 Å². The summed E-state index contributed by atoms with van der Waals surface area (Å²) >= 11 is 0. The van der Waals surface area contributed by atoms with Crippen LogP contribution in [-0.2, 0) is 6.54 Å². The zero-order chi connectivity index (χ0) is 17.2. The maximum absolute atomic E-state index is 13.1. The highest BCUT2D eigenvalue weighted by molar-refractivity contribution is 5.92. The monoisotopic (exact) mass is 336 g/mol. The van der Waals surface area contributed by atoms with Crippen molar-refractivity contribution in [1.29, 1.82) is 0 Å². The Bertz CT molecular complexity index is 744. The van der Waals surface area contributed by atoms with Crippen molar-refractivity contribution in [3.8, 4) is 0 Å². The van der Waals surface area contributed by atoms with Crippen molar-refractivity contribution in [3.05, 3.63) is 59.7 Å². The van der Waals surface area contributed by atoms with Crippen molar-refractivity contribution >= 4 is 5.91 Å². The lowest BCUT2D eigenvalue weighted by Gasteiger charge is -2.23. The van der Waals surface area contributed by atoms with Gasteiger partial charge < -0.3 is 4.90 Å². The molecule has 0 spiro atoms. The zero-order valence-corrected chi connectivity index (χ0v) is 14.6. The van der Waals surface area contributed by atoms with Crippen LogP contribution >= 0.6 is 0 Å². The number of nitrogens with zero attached hydrogens (tertiary/aromatic N) is 4. The van der Waals surface area contributed by atoms with E-state index in [0.717, 1.165) is 31.5 Å².